The maximum Gasteiger partial charge on any atom is 0.236 e. The van der Waals surface area contributed by atoms with Gasteiger partial charge in [0, 0.05) is 22.7 Å². The number of H-pyrrole nitrogens is 1. The van der Waals surface area contributed by atoms with Gasteiger partial charge in [-0.3, -0.25) is 9.67 Å². The average molecular weight is 427 g/mol. The maximum absolute atomic E-state index is 14.6. The molecular formula is C24H22FN7. The molecule has 0 radical (unpaired) electrons. The molecule has 7 nitrogen and oxygen atoms in total. The third-order valence-electron chi connectivity index (χ3n) is 6.17. The van der Waals surface area contributed by atoms with Crippen molar-refractivity contribution in [1.82, 2.24) is 30.0 Å². The summed E-state index contributed by atoms with van der Waals surface area (Å²) in [5.74, 6) is 0.562. The van der Waals surface area contributed by atoms with E-state index in [1.165, 1.54) is 17.1 Å². The van der Waals surface area contributed by atoms with Gasteiger partial charge in [0.05, 0.1) is 23.4 Å². The minimum Gasteiger partial charge on any atom is -0.338 e. The highest BCUT2D eigenvalue weighted by Crippen LogP contribution is 2.34. The molecule has 0 saturated carbocycles. The summed E-state index contributed by atoms with van der Waals surface area (Å²) in [6.07, 6.45) is 7.27. The molecule has 6 rings (SSSR count). The third kappa shape index (κ3) is 3.29. The second-order valence-corrected chi connectivity index (χ2v) is 8.16. The predicted octanol–water partition coefficient (Wildman–Crippen LogP) is 4.65. The van der Waals surface area contributed by atoms with Crippen LogP contribution in [-0.2, 0) is 0 Å². The van der Waals surface area contributed by atoms with Crippen molar-refractivity contribution in [1.29, 1.82) is 0 Å². The van der Waals surface area contributed by atoms with Crippen LogP contribution in [0.2, 0.25) is 0 Å². The highest BCUT2D eigenvalue weighted by Gasteiger charge is 2.21. The van der Waals surface area contributed by atoms with E-state index in [-0.39, 0.29) is 5.82 Å². The van der Waals surface area contributed by atoms with Crippen LogP contribution in [0, 0.1) is 5.82 Å². The Bertz CT molecular complexity index is 1410. The fourth-order valence-electron chi connectivity index (χ4n) is 4.55. The molecule has 4 heterocycles. The lowest BCUT2D eigenvalue weighted by molar-refractivity contribution is 0.462. The van der Waals surface area contributed by atoms with Gasteiger partial charge in [0.2, 0.25) is 5.95 Å². The number of anilines is 2. The zero-order chi connectivity index (χ0) is 21.5. The Kier molecular flexibility index (Phi) is 4.57. The van der Waals surface area contributed by atoms with Gasteiger partial charge in [-0.25, -0.2) is 9.37 Å². The molecule has 0 unspecified atom stereocenters. The van der Waals surface area contributed by atoms with Gasteiger partial charge in [-0.2, -0.15) is 10.1 Å². The van der Waals surface area contributed by atoms with Crippen molar-refractivity contribution in [2.45, 2.75) is 18.8 Å². The van der Waals surface area contributed by atoms with Crippen molar-refractivity contribution in [2.24, 2.45) is 0 Å². The Hall–Kier alpha value is -3.78. The first-order valence-corrected chi connectivity index (χ1v) is 10.8. The molecule has 2 aromatic carbocycles. The lowest BCUT2D eigenvalue weighted by Crippen LogP contribution is -2.26. The topological polar surface area (TPSA) is 83.5 Å². The van der Waals surface area contributed by atoms with E-state index in [9.17, 15) is 4.39 Å². The molecule has 0 amide bonds. The minimum atomic E-state index is -0.504. The number of nitrogens with zero attached hydrogens (tertiary/aromatic N) is 4. The number of halogens is 1. The molecule has 1 aliphatic heterocycles. The quantitative estimate of drug-likeness (QED) is 0.389. The summed E-state index contributed by atoms with van der Waals surface area (Å²) in [5, 5.41) is 15.6. The number of aromatic amines is 1. The summed E-state index contributed by atoms with van der Waals surface area (Å²) in [6.45, 7) is 2.04. The number of benzene rings is 2. The van der Waals surface area contributed by atoms with Crippen molar-refractivity contribution < 1.29 is 4.39 Å². The average Bonchev–Trinajstić information content (AvgIpc) is 3.46. The van der Waals surface area contributed by atoms with Crippen LogP contribution in [0.1, 0.15) is 24.3 Å². The molecule has 0 spiro atoms. The molecule has 5 aromatic rings. The van der Waals surface area contributed by atoms with Crippen LogP contribution < -0.4 is 10.6 Å². The molecule has 32 heavy (non-hydrogen) atoms. The summed E-state index contributed by atoms with van der Waals surface area (Å²) in [5.41, 5.74) is 3.98. The van der Waals surface area contributed by atoms with Gasteiger partial charge in [0.1, 0.15) is 0 Å². The Labute approximate surface area is 183 Å². The number of nitrogens with one attached hydrogen (secondary N) is 3. The van der Waals surface area contributed by atoms with E-state index >= 15 is 0 Å². The van der Waals surface area contributed by atoms with E-state index < -0.39 is 5.82 Å². The van der Waals surface area contributed by atoms with Gasteiger partial charge in [0.15, 0.2) is 11.6 Å². The number of aromatic nitrogens is 5. The first-order valence-electron chi connectivity index (χ1n) is 10.8. The largest absolute Gasteiger partial charge is 0.338 e. The van der Waals surface area contributed by atoms with E-state index in [0.29, 0.717) is 11.9 Å². The monoisotopic (exact) mass is 427 g/mol. The Morgan fingerprint density at radius 2 is 1.94 bits per heavy atom. The van der Waals surface area contributed by atoms with Crippen molar-refractivity contribution in [3.05, 3.63) is 72.4 Å². The molecule has 0 aliphatic carbocycles. The van der Waals surface area contributed by atoms with Crippen molar-refractivity contribution in [3.8, 4) is 5.95 Å². The molecule has 160 valence electrons. The number of fused-ring (bicyclic) bond motifs is 2. The smallest absolute Gasteiger partial charge is 0.236 e. The van der Waals surface area contributed by atoms with Gasteiger partial charge in [-0.15, -0.1) is 0 Å². The number of hydrogen-bond donors (Lipinski definition) is 3. The Morgan fingerprint density at radius 1 is 1.06 bits per heavy atom. The molecule has 3 N–H and O–H groups in total. The molecule has 3 aromatic heterocycles. The Balaban J connectivity index is 1.41. The van der Waals surface area contributed by atoms with Crippen LogP contribution in [0.25, 0.3) is 27.8 Å². The lowest BCUT2D eigenvalue weighted by atomic mass is 9.90. The number of hydrogen-bond acceptors (Lipinski definition) is 5. The molecule has 0 atom stereocenters. The summed E-state index contributed by atoms with van der Waals surface area (Å²) < 4.78 is 16.6. The summed E-state index contributed by atoms with van der Waals surface area (Å²) in [7, 11) is 0. The second-order valence-electron chi connectivity index (χ2n) is 8.16. The highest BCUT2D eigenvalue weighted by atomic mass is 19.1. The fourth-order valence-corrected chi connectivity index (χ4v) is 4.55. The summed E-state index contributed by atoms with van der Waals surface area (Å²) in [6, 6.07) is 13.9. The van der Waals surface area contributed by atoms with Crippen molar-refractivity contribution in [3.63, 3.8) is 0 Å². The van der Waals surface area contributed by atoms with Gasteiger partial charge >= 0.3 is 0 Å². The van der Waals surface area contributed by atoms with E-state index in [0.717, 1.165) is 48.0 Å². The maximum atomic E-state index is 14.6. The normalized spacial score (nSPS) is 14.9. The molecule has 0 bridgehead atoms. The summed E-state index contributed by atoms with van der Waals surface area (Å²) in [4.78, 5) is 8.85. The van der Waals surface area contributed by atoms with Gasteiger partial charge in [-0.1, -0.05) is 18.2 Å². The first-order chi connectivity index (χ1) is 15.8. The molecular weight excluding hydrogens is 405 g/mol. The van der Waals surface area contributed by atoms with E-state index in [4.69, 9.17) is 0 Å². The van der Waals surface area contributed by atoms with Crippen LogP contribution >= 0.6 is 0 Å². The zero-order valence-corrected chi connectivity index (χ0v) is 17.3. The lowest BCUT2D eigenvalue weighted by Gasteiger charge is -2.22. The molecule has 1 fully saturated rings. The SMILES string of the molecule is Fc1cnc(-n2cc(C3CCNCC3)c3ccccc32)nc1Nc1ccc2[nH]ncc2c1. The van der Waals surface area contributed by atoms with Crippen LogP contribution in [0.15, 0.2) is 61.1 Å². The Morgan fingerprint density at radius 3 is 2.84 bits per heavy atom. The zero-order valence-electron chi connectivity index (χ0n) is 17.3. The van der Waals surface area contributed by atoms with Crippen LogP contribution in [0.5, 0.6) is 0 Å². The number of para-hydroxylation sites is 1. The van der Waals surface area contributed by atoms with Crippen LogP contribution in [0.3, 0.4) is 0 Å². The standard InChI is InChI=1S/C24H22FN7/c25-20-13-27-24(30-23(20)29-17-5-6-21-16(11-17)12-28-31-21)32-14-19(15-7-9-26-10-8-15)18-3-1-2-4-22(18)32/h1-6,11-15,26H,7-10H2,(H,28,31)(H,27,29,30). The molecule has 1 saturated heterocycles. The van der Waals surface area contributed by atoms with Crippen LogP contribution in [0.4, 0.5) is 15.9 Å². The van der Waals surface area contributed by atoms with E-state index in [1.54, 1.807) is 6.20 Å². The van der Waals surface area contributed by atoms with Crippen molar-refractivity contribution >= 4 is 33.3 Å². The minimum absolute atomic E-state index is 0.138. The number of rotatable bonds is 4. The van der Waals surface area contributed by atoms with E-state index in [2.05, 4.69) is 55.2 Å². The predicted molar refractivity (Wildman–Crippen MR) is 123 cm³/mol. The first kappa shape index (κ1) is 18.9. The fraction of sp³-hybridized carbons (Fsp3) is 0.208. The van der Waals surface area contributed by atoms with E-state index in [1.807, 2.05) is 28.8 Å². The van der Waals surface area contributed by atoms with Gasteiger partial charge < -0.3 is 10.6 Å². The van der Waals surface area contributed by atoms with Crippen LogP contribution in [-0.4, -0.2) is 37.8 Å². The van der Waals surface area contributed by atoms with Gasteiger partial charge in [0.25, 0.3) is 0 Å². The number of piperidine rings is 1. The third-order valence-corrected chi connectivity index (χ3v) is 6.17. The van der Waals surface area contributed by atoms with Crippen molar-refractivity contribution in [2.75, 3.05) is 18.4 Å². The molecule has 1 aliphatic rings. The second kappa shape index (κ2) is 7.72. The summed E-state index contributed by atoms with van der Waals surface area (Å²) >= 11 is 0. The van der Waals surface area contributed by atoms with Gasteiger partial charge in [-0.05, 0) is 61.7 Å². The molecule has 8 heteroatoms. The highest BCUT2D eigenvalue weighted by molar-refractivity contribution is 5.86.